The van der Waals surface area contributed by atoms with Crippen LogP contribution < -0.4 is 0 Å². The molecule has 0 heterocycles. The maximum absolute atomic E-state index is 11.7. The Hall–Kier alpha value is -2.50. The van der Waals surface area contributed by atoms with Gasteiger partial charge in [-0.2, -0.15) is 0 Å². The molecule has 1 unspecified atom stereocenters. The van der Waals surface area contributed by atoms with Gasteiger partial charge < -0.3 is 10.2 Å². The summed E-state index contributed by atoms with van der Waals surface area (Å²) in [5.41, 5.74) is 3.55. The van der Waals surface area contributed by atoms with E-state index in [0.717, 1.165) is 33.3 Å². The highest BCUT2D eigenvalue weighted by atomic mass is 32.2. The molecule has 0 radical (unpaired) electrons. The van der Waals surface area contributed by atoms with Crippen molar-refractivity contribution in [3.05, 3.63) is 120 Å². The van der Waals surface area contributed by atoms with E-state index in [1.54, 1.807) is 0 Å². The Labute approximate surface area is 265 Å². The maximum atomic E-state index is 11.7. The quantitative estimate of drug-likeness (QED) is 0.155. The largest absolute Gasteiger partial charge is 0.480 e. The van der Waals surface area contributed by atoms with Gasteiger partial charge in [-0.1, -0.05) is 152 Å². The third kappa shape index (κ3) is 19.3. The molecule has 0 amide bonds. The molecule has 3 rings (SSSR count). The molecule has 1 atom stereocenters. The molecule has 10 heteroatoms. The highest BCUT2D eigenvalue weighted by Crippen LogP contribution is 2.26. The molecule has 0 bridgehead atoms. The minimum atomic E-state index is -0.981. The normalized spacial score (nSPS) is 10.6. The summed E-state index contributed by atoms with van der Waals surface area (Å²) >= 11 is 10.7. The Kier molecular flexibility index (Phi) is 20.6. The standard InChI is InChI=1S/C15H14OS2.C13H16O2S3.C3H4O2/c16-15(17-11-13-7-3-1-4-8-13)18-12-14-9-5-2-6-10-14;1-2-17-13(16)18-11(12(14)15)9-8-10-6-4-3-5-7-10;1-2-3(4)5/h1-10H,11-12H2;3-7,11H,2,8-9H2,1H3,(H,14,15);2H,1H2,(H,4,5). The van der Waals surface area contributed by atoms with Crippen LogP contribution in [0.4, 0.5) is 4.79 Å². The average Bonchev–Trinajstić information content (AvgIpc) is 2.99. The first kappa shape index (κ1) is 36.5. The zero-order chi connectivity index (χ0) is 30.3. The SMILES string of the molecule is C=CC(=O)O.CCSC(=S)SC(CCc1ccccc1)C(=O)O.O=C(SCc1ccccc1)SCc1ccccc1. The summed E-state index contributed by atoms with van der Waals surface area (Å²) in [5, 5.41) is 16.3. The van der Waals surface area contributed by atoms with Crippen LogP contribution in [-0.2, 0) is 27.5 Å². The third-order valence-electron chi connectivity index (χ3n) is 4.89. The number of thioether (sulfide) groups is 4. The first-order valence-corrected chi connectivity index (χ1v) is 16.8. The zero-order valence-electron chi connectivity index (χ0n) is 22.7. The van der Waals surface area contributed by atoms with Crippen molar-refractivity contribution in [3.8, 4) is 0 Å². The van der Waals surface area contributed by atoms with Gasteiger partial charge in [0.05, 0.1) is 0 Å². The van der Waals surface area contributed by atoms with Crippen LogP contribution in [0.1, 0.15) is 30.0 Å². The fourth-order valence-electron chi connectivity index (χ4n) is 2.92. The number of hydrogen-bond acceptors (Lipinski definition) is 8. The number of carboxylic acids is 2. The molecule has 41 heavy (non-hydrogen) atoms. The lowest BCUT2D eigenvalue weighted by atomic mass is 10.1. The maximum Gasteiger partial charge on any atom is 0.327 e. The van der Waals surface area contributed by atoms with E-state index in [-0.39, 0.29) is 4.45 Å². The van der Waals surface area contributed by atoms with Crippen LogP contribution >= 0.6 is 59.3 Å². The van der Waals surface area contributed by atoms with E-state index in [1.807, 2.05) is 97.9 Å². The number of aryl methyl sites for hydroxylation is 1. The summed E-state index contributed by atoms with van der Waals surface area (Å²) in [6, 6.07) is 30.1. The van der Waals surface area contributed by atoms with Crippen molar-refractivity contribution in [3.63, 3.8) is 0 Å². The van der Waals surface area contributed by atoms with Crippen LogP contribution in [0.25, 0.3) is 0 Å². The van der Waals surface area contributed by atoms with Crippen molar-refractivity contribution < 1.29 is 24.6 Å². The first-order valence-electron chi connectivity index (χ1n) is 12.6. The highest BCUT2D eigenvalue weighted by Gasteiger charge is 2.20. The molecule has 3 aromatic rings. The summed E-state index contributed by atoms with van der Waals surface area (Å²) < 4.78 is 0.903. The Morgan fingerprint density at radius 1 is 0.780 bits per heavy atom. The monoisotopic (exact) mass is 646 g/mol. The number of benzene rings is 3. The lowest BCUT2D eigenvalue weighted by molar-refractivity contribution is -0.136. The van der Waals surface area contributed by atoms with Gasteiger partial charge >= 0.3 is 11.9 Å². The number of carbonyl (C=O) groups excluding carboxylic acids is 1. The minimum Gasteiger partial charge on any atom is -0.480 e. The fraction of sp³-hybridized carbons (Fsp3) is 0.226. The van der Waals surface area contributed by atoms with E-state index in [2.05, 4.69) is 6.58 Å². The van der Waals surface area contributed by atoms with Crippen LogP contribution in [0.15, 0.2) is 104 Å². The second-order valence-electron chi connectivity index (χ2n) is 7.99. The summed E-state index contributed by atoms with van der Waals surface area (Å²) in [6.45, 7) is 4.97. The number of thiocarbonyl (C=S) groups is 1. The molecular formula is C31H34O5S5. The van der Waals surface area contributed by atoms with E-state index in [4.69, 9.17) is 17.3 Å². The fourth-order valence-corrected chi connectivity index (χ4v) is 7.04. The molecule has 3 aromatic carbocycles. The van der Waals surface area contributed by atoms with Gasteiger partial charge in [0, 0.05) is 17.6 Å². The third-order valence-corrected chi connectivity index (χ3v) is 9.74. The summed E-state index contributed by atoms with van der Waals surface area (Å²) in [6.07, 6.45) is 2.21. The van der Waals surface area contributed by atoms with Crippen molar-refractivity contribution in [1.82, 2.24) is 0 Å². The molecule has 218 valence electrons. The smallest absolute Gasteiger partial charge is 0.327 e. The van der Waals surface area contributed by atoms with Crippen molar-refractivity contribution in [2.24, 2.45) is 0 Å². The zero-order valence-corrected chi connectivity index (χ0v) is 26.8. The molecular weight excluding hydrogens is 613 g/mol. The van der Waals surface area contributed by atoms with Crippen molar-refractivity contribution in [2.45, 2.75) is 36.5 Å². The Balaban J connectivity index is 0.000000353. The molecule has 0 saturated carbocycles. The Bertz CT molecular complexity index is 1150. The number of aliphatic carboxylic acids is 2. The topological polar surface area (TPSA) is 91.7 Å². The van der Waals surface area contributed by atoms with E-state index in [9.17, 15) is 19.5 Å². The summed E-state index contributed by atoms with van der Waals surface area (Å²) in [5.74, 6) is 0.625. The predicted octanol–water partition coefficient (Wildman–Crippen LogP) is 9.07. The molecule has 0 spiro atoms. The number of rotatable bonds is 11. The molecule has 2 N–H and O–H groups in total. The molecule has 0 aromatic heterocycles. The van der Waals surface area contributed by atoms with Crippen LogP contribution in [0.3, 0.4) is 0 Å². The molecule has 5 nitrogen and oxygen atoms in total. The van der Waals surface area contributed by atoms with Gasteiger partial charge in [-0.05, 0) is 35.3 Å². The predicted molar refractivity (Wildman–Crippen MR) is 183 cm³/mol. The Morgan fingerprint density at radius 2 is 1.20 bits per heavy atom. The van der Waals surface area contributed by atoms with E-state index >= 15 is 0 Å². The first-order chi connectivity index (χ1) is 19.7. The van der Waals surface area contributed by atoms with Gasteiger partial charge in [0.2, 0.25) is 4.45 Å². The molecule has 0 saturated heterocycles. The van der Waals surface area contributed by atoms with Gasteiger partial charge in [-0.3, -0.25) is 9.59 Å². The molecule has 0 aliphatic heterocycles. The van der Waals surface area contributed by atoms with Crippen LogP contribution in [0.5, 0.6) is 0 Å². The highest BCUT2D eigenvalue weighted by molar-refractivity contribution is 8.47. The molecule has 0 fully saturated rings. The van der Waals surface area contributed by atoms with E-state index in [0.29, 0.717) is 6.42 Å². The summed E-state index contributed by atoms with van der Waals surface area (Å²) in [7, 11) is 0. The lowest BCUT2D eigenvalue weighted by Crippen LogP contribution is -2.18. The average molecular weight is 647 g/mol. The van der Waals surface area contributed by atoms with Crippen LogP contribution in [0.2, 0.25) is 0 Å². The van der Waals surface area contributed by atoms with Crippen LogP contribution in [-0.4, -0.2) is 41.1 Å². The molecule has 0 aliphatic carbocycles. The van der Waals surface area contributed by atoms with Gasteiger partial charge in [-0.25, -0.2) is 4.79 Å². The van der Waals surface area contributed by atoms with Crippen LogP contribution in [0, 0.1) is 0 Å². The minimum absolute atomic E-state index is 0.183. The number of carbonyl (C=O) groups is 3. The van der Waals surface area contributed by atoms with E-state index in [1.165, 1.54) is 63.7 Å². The van der Waals surface area contributed by atoms with Gasteiger partial charge in [-0.15, -0.1) is 11.8 Å². The van der Waals surface area contributed by atoms with Gasteiger partial charge in [0.1, 0.15) is 8.78 Å². The van der Waals surface area contributed by atoms with E-state index < -0.39 is 17.2 Å². The second kappa shape index (κ2) is 23.1. The molecule has 0 aliphatic rings. The van der Waals surface area contributed by atoms with Gasteiger partial charge in [0.25, 0.3) is 0 Å². The number of carboxylic acid groups (broad SMARTS) is 2. The second-order valence-corrected chi connectivity index (χ2v) is 13.8. The van der Waals surface area contributed by atoms with Crippen molar-refractivity contribution in [1.29, 1.82) is 0 Å². The van der Waals surface area contributed by atoms with Gasteiger partial charge in [0.15, 0.2) is 0 Å². The van der Waals surface area contributed by atoms with Crippen molar-refractivity contribution >= 4 is 79.2 Å². The Morgan fingerprint density at radius 3 is 1.56 bits per heavy atom. The summed E-state index contributed by atoms with van der Waals surface area (Å²) in [4.78, 5) is 32.1. The van der Waals surface area contributed by atoms with Crippen molar-refractivity contribution in [2.75, 3.05) is 5.75 Å². The number of hydrogen-bond donors (Lipinski definition) is 2. The lowest BCUT2D eigenvalue weighted by Gasteiger charge is -2.11.